The molecule has 14 heavy (non-hydrogen) atoms. The Kier molecular flexibility index (Phi) is 3.86. The minimum absolute atomic E-state index is 0.500. The Morgan fingerprint density at radius 2 is 2.07 bits per heavy atom. The Hall–Kier alpha value is -0.650. The van der Waals surface area contributed by atoms with Gasteiger partial charge in [-0.1, -0.05) is 25.4 Å². The Balaban J connectivity index is 3.11. The number of nitriles is 1. The van der Waals surface area contributed by atoms with Crippen molar-refractivity contribution < 1.29 is 0 Å². The fourth-order valence-electron chi connectivity index (χ4n) is 1.11. The van der Waals surface area contributed by atoms with Gasteiger partial charge in [0.15, 0.2) is 0 Å². The van der Waals surface area contributed by atoms with Gasteiger partial charge in [0, 0.05) is 15.2 Å². The summed E-state index contributed by atoms with van der Waals surface area (Å²) in [6, 6.07) is 5.97. The Labute approximate surface area is 94.1 Å². The number of rotatable bonds is 2. The highest BCUT2D eigenvalue weighted by Gasteiger charge is 2.06. The predicted octanol–water partition coefficient (Wildman–Crippen LogP) is 4.02. The highest BCUT2D eigenvalue weighted by molar-refractivity contribution is 7.99. The second-order valence-electron chi connectivity index (χ2n) is 3.36. The first kappa shape index (κ1) is 11.4. The number of hydrogen-bond donors (Lipinski definition) is 0. The Bertz CT molecular complexity index is 380. The number of hydrogen-bond acceptors (Lipinski definition) is 2. The third-order valence-electron chi connectivity index (χ3n) is 1.81. The van der Waals surface area contributed by atoms with Crippen molar-refractivity contribution in [3.63, 3.8) is 0 Å². The molecule has 0 aliphatic heterocycles. The molecule has 0 fully saturated rings. The smallest absolute Gasteiger partial charge is 0.0995 e. The van der Waals surface area contributed by atoms with Gasteiger partial charge in [-0.3, -0.25) is 0 Å². The molecule has 0 saturated carbocycles. The zero-order chi connectivity index (χ0) is 10.7. The van der Waals surface area contributed by atoms with Gasteiger partial charge in [0.05, 0.1) is 11.6 Å². The molecule has 0 radical (unpaired) electrons. The lowest BCUT2D eigenvalue weighted by molar-refractivity contribution is 1.11. The molecule has 1 nitrogen and oxygen atoms in total. The van der Waals surface area contributed by atoms with Gasteiger partial charge >= 0.3 is 0 Å². The quantitative estimate of drug-likeness (QED) is 0.710. The van der Waals surface area contributed by atoms with E-state index >= 15 is 0 Å². The summed E-state index contributed by atoms with van der Waals surface area (Å²) in [6.45, 7) is 6.10. The van der Waals surface area contributed by atoms with Crippen molar-refractivity contribution >= 4 is 23.4 Å². The number of benzene rings is 1. The van der Waals surface area contributed by atoms with E-state index in [0.717, 1.165) is 10.5 Å². The van der Waals surface area contributed by atoms with E-state index in [0.29, 0.717) is 15.8 Å². The largest absolute Gasteiger partial charge is 0.192 e. The summed E-state index contributed by atoms with van der Waals surface area (Å²) in [4.78, 5) is 1.06. The van der Waals surface area contributed by atoms with Crippen molar-refractivity contribution in [3.05, 3.63) is 28.3 Å². The van der Waals surface area contributed by atoms with Crippen LogP contribution in [0.1, 0.15) is 25.0 Å². The Morgan fingerprint density at radius 1 is 1.43 bits per heavy atom. The number of halogens is 1. The molecule has 0 bridgehead atoms. The maximum Gasteiger partial charge on any atom is 0.0995 e. The second kappa shape index (κ2) is 4.72. The summed E-state index contributed by atoms with van der Waals surface area (Å²) in [7, 11) is 0. The lowest BCUT2D eigenvalue weighted by atomic mass is 10.1. The predicted molar refractivity (Wildman–Crippen MR) is 61.9 cm³/mol. The first-order valence-corrected chi connectivity index (χ1v) is 5.67. The highest BCUT2D eigenvalue weighted by Crippen LogP contribution is 2.29. The minimum Gasteiger partial charge on any atom is -0.192 e. The number of thioether (sulfide) groups is 1. The molecule has 1 aromatic carbocycles. The summed E-state index contributed by atoms with van der Waals surface area (Å²) in [5.74, 6) is 0. The molecular weight excluding hydrogens is 214 g/mol. The van der Waals surface area contributed by atoms with E-state index in [2.05, 4.69) is 19.9 Å². The second-order valence-corrected chi connectivity index (χ2v) is 5.41. The molecule has 0 N–H and O–H groups in total. The van der Waals surface area contributed by atoms with Gasteiger partial charge in [-0.15, -0.1) is 11.8 Å². The van der Waals surface area contributed by atoms with Crippen LogP contribution >= 0.6 is 23.4 Å². The third-order valence-corrected chi connectivity index (χ3v) is 3.18. The average Bonchev–Trinajstić information content (AvgIpc) is 2.10. The molecule has 0 aliphatic rings. The van der Waals surface area contributed by atoms with Gasteiger partial charge in [0.1, 0.15) is 0 Å². The van der Waals surface area contributed by atoms with Crippen LogP contribution in [0, 0.1) is 18.3 Å². The van der Waals surface area contributed by atoms with Crippen LogP contribution in [0.2, 0.25) is 5.02 Å². The van der Waals surface area contributed by atoms with E-state index in [1.807, 2.05) is 19.1 Å². The van der Waals surface area contributed by atoms with E-state index in [1.165, 1.54) is 0 Å². The average molecular weight is 226 g/mol. The van der Waals surface area contributed by atoms with Crippen LogP contribution in [-0.4, -0.2) is 5.25 Å². The molecule has 0 amide bonds. The van der Waals surface area contributed by atoms with Crippen LogP contribution < -0.4 is 0 Å². The van der Waals surface area contributed by atoms with Gasteiger partial charge in [0.2, 0.25) is 0 Å². The minimum atomic E-state index is 0.500. The van der Waals surface area contributed by atoms with Crippen LogP contribution in [0.15, 0.2) is 17.0 Å². The summed E-state index contributed by atoms with van der Waals surface area (Å²) in [5.41, 5.74) is 1.53. The summed E-state index contributed by atoms with van der Waals surface area (Å²) < 4.78 is 0. The molecule has 0 aliphatic carbocycles. The molecule has 0 heterocycles. The zero-order valence-corrected chi connectivity index (χ0v) is 10.0. The van der Waals surface area contributed by atoms with Crippen molar-refractivity contribution in [2.75, 3.05) is 0 Å². The maximum absolute atomic E-state index is 8.88. The zero-order valence-electron chi connectivity index (χ0n) is 8.47. The maximum atomic E-state index is 8.88. The molecule has 3 heteroatoms. The Morgan fingerprint density at radius 3 is 2.57 bits per heavy atom. The van der Waals surface area contributed by atoms with E-state index < -0.39 is 0 Å². The van der Waals surface area contributed by atoms with Gasteiger partial charge in [0.25, 0.3) is 0 Å². The fourth-order valence-corrected chi connectivity index (χ4v) is 2.31. The molecule has 0 spiro atoms. The molecule has 1 rings (SSSR count). The van der Waals surface area contributed by atoms with Crippen molar-refractivity contribution in [3.8, 4) is 6.07 Å². The lowest BCUT2D eigenvalue weighted by Crippen LogP contribution is -1.89. The molecule has 0 unspecified atom stereocenters. The number of nitrogens with zero attached hydrogens (tertiary/aromatic N) is 1. The molecule has 0 aromatic heterocycles. The van der Waals surface area contributed by atoms with Crippen molar-refractivity contribution in [1.29, 1.82) is 5.26 Å². The van der Waals surface area contributed by atoms with E-state index in [9.17, 15) is 0 Å². The van der Waals surface area contributed by atoms with Crippen LogP contribution in [0.4, 0.5) is 0 Å². The van der Waals surface area contributed by atoms with Crippen molar-refractivity contribution in [2.45, 2.75) is 30.9 Å². The van der Waals surface area contributed by atoms with Crippen LogP contribution in [0.25, 0.3) is 0 Å². The topological polar surface area (TPSA) is 23.8 Å². The monoisotopic (exact) mass is 225 g/mol. The first-order chi connectivity index (χ1) is 6.54. The van der Waals surface area contributed by atoms with E-state index in [1.54, 1.807) is 11.8 Å². The summed E-state index contributed by atoms with van der Waals surface area (Å²) in [5, 5.41) is 10.1. The van der Waals surface area contributed by atoms with E-state index in [4.69, 9.17) is 16.9 Å². The molecular formula is C11H12ClNS. The first-order valence-electron chi connectivity index (χ1n) is 4.41. The molecule has 74 valence electrons. The lowest BCUT2D eigenvalue weighted by Gasteiger charge is -2.07. The highest BCUT2D eigenvalue weighted by atomic mass is 35.5. The summed E-state index contributed by atoms with van der Waals surface area (Å²) in [6.07, 6.45) is 0. The van der Waals surface area contributed by atoms with Crippen LogP contribution in [-0.2, 0) is 0 Å². The van der Waals surface area contributed by atoms with Gasteiger partial charge in [-0.25, -0.2) is 0 Å². The van der Waals surface area contributed by atoms with Gasteiger partial charge in [-0.05, 0) is 24.6 Å². The van der Waals surface area contributed by atoms with Crippen molar-refractivity contribution in [2.24, 2.45) is 0 Å². The normalized spacial score (nSPS) is 10.3. The van der Waals surface area contributed by atoms with Crippen LogP contribution in [0.5, 0.6) is 0 Å². The SMILES string of the molecule is Cc1c(Cl)cc(SC(C)C)cc1C#N. The molecule has 0 atom stereocenters. The molecule has 0 saturated heterocycles. The van der Waals surface area contributed by atoms with E-state index in [-0.39, 0.29) is 0 Å². The van der Waals surface area contributed by atoms with Gasteiger partial charge < -0.3 is 0 Å². The standard InChI is InChI=1S/C11H12ClNS/c1-7(2)14-10-4-9(6-13)8(3)11(12)5-10/h4-5,7H,1-3H3. The molecule has 1 aromatic rings. The third kappa shape index (κ3) is 2.67. The van der Waals surface area contributed by atoms with Crippen LogP contribution in [0.3, 0.4) is 0 Å². The fraction of sp³-hybridized carbons (Fsp3) is 0.364. The van der Waals surface area contributed by atoms with Crippen molar-refractivity contribution in [1.82, 2.24) is 0 Å². The summed E-state index contributed by atoms with van der Waals surface area (Å²) >= 11 is 7.73. The van der Waals surface area contributed by atoms with Gasteiger partial charge in [-0.2, -0.15) is 5.26 Å².